The van der Waals surface area contributed by atoms with Crippen molar-refractivity contribution in [2.45, 2.75) is 52.3 Å². The lowest BCUT2D eigenvalue weighted by Gasteiger charge is -2.33. The maximum absolute atomic E-state index is 5.74. The average molecular weight is 543 g/mol. The molecule has 2 aromatic rings. The van der Waals surface area contributed by atoms with E-state index < -0.39 is 0 Å². The number of anilines is 1. The number of ether oxygens (including phenoxy) is 1. The molecule has 2 N–H and O–H groups in total. The molecular formula is C23H35IN4OS. The monoisotopic (exact) mass is 542 g/mol. The van der Waals surface area contributed by atoms with Gasteiger partial charge in [0.15, 0.2) is 5.96 Å². The Bertz CT molecular complexity index is 745. The molecule has 0 spiro atoms. The van der Waals surface area contributed by atoms with Crippen LogP contribution in [0.1, 0.15) is 44.2 Å². The number of halogens is 1. The summed E-state index contributed by atoms with van der Waals surface area (Å²) < 4.78 is 5.74. The first-order valence-corrected chi connectivity index (χ1v) is 11.7. The van der Waals surface area contributed by atoms with Gasteiger partial charge in [0.2, 0.25) is 0 Å². The van der Waals surface area contributed by atoms with Crippen LogP contribution >= 0.6 is 35.3 Å². The van der Waals surface area contributed by atoms with Crippen molar-refractivity contribution >= 4 is 46.3 Å². The molecule has 30 heavy (non-hydrogen) atoms. The number of benzene rings is 1. The smallest absolute Gasteiger partial charge is 0.191 e. The third kappa shape index (κ3) is 7.74. The highest BCUT2D eigenvalue weighted by atomic mass is 127. The van der Waals surface area contributed by atoms with E-state index in [1.165, 1.54) is 16.1 Å². The van der Waals surface area contributed by atoms with Gasteiger partial charge in [0.05, 0.1) is 18.2 Å². The van der Waals surface area contributed by atoms with Gasteiger partial charge >= 0.3 is 0 Å². The number of thiophene rings is 1. The number of hydrogen-bond donors (Lipinski definition) is 2. The summed E-state index contributed by atoms with van der Waals surface area (Å²) >= 11 is 1.83. The third-order valence-corrected chi connectivity index (χ3v) is 6.06. The minimum Gasteiger partial charge on any atom is -0.377 e. The Morgan fingerprint density at radius 2 is 1.90 bits per heavy atom. The molecule has 7 heteroatoms. The van der Waals surface area contributed by atoms with E-state index in [4.69, 9.17) is 9.73 Å². The maximum atomic E-state index is 5.74. The van der Waals surface area contributed by atoms with Crippen LogP contribution < -0.4 is 15.5 Å². The van der Waals surface area contributed by atoms with Crippen LogP contribution in [-0.4, -0.2) is 38.2 Å². The lowest BCUT2D eigenvalue weighted by atomic mass is 10.1. The van der Waals surface area contributed by atoms with Crippen molar-refractivity contribution in [1.82, 2.24) is 10.6 Å². The zero-order chi connectivity index (χ0) is 20.3. The van der Waals surface area contributed by atoms with Gasteiger partial charge in [0.1, 0.15) is 0 Å². The Balaban J connectivity index is 0.00000320. The summed E-state index contributed by atoms with van der Waals surface area (Å²) in [5, 5.41) is 10.6. The number of rotatable bonds is 9. The first-order chi connectivity index (χ1) is 14.3. The van der Waals surface area contributed by atoms with Gasteiger partial charge in [-0.2, -0.15) is 0 Å². The van der Waals surface area contributed by atoms with Gasteiger partial charge in [-0.15, -0.1) is 35.3 Å². The van der Waals surface area contributed by atoms with E-state index in [1.54, 1.807) is 0 Å². The molecule has 166 valence electrons. The summed E-state index contributed by atoms with van der Waals surface area (Å²) in [5.74, 6) is 0.909. The van der Waals surface area contributed by atoms with Gasteiger partial charge < -0.3 is 20.3 Å². The number of piperidine rings is 1. The summed E-state index contributed by atoms with van der Waals surface area (Å²) in [6, 6.07) is 13.2. The molecule has 1 saturated heterocycles. The molecule has 0 bridgehead atoms. The molecular weight excluding hydrogens is 507 g/mol. The van der Waals surface area contributed by atoms with Gasteiger partial charge in [-0.25, -0.2) is 4.99 Å². The minimum atomic E-state index is 0. The van der Waals surface area contributed by atoms with E-state index in [0.717, 1.165) is 51.5 Å². The topological polar surface area (TPSA) is 48.9 Å². The van der Waals surface area contributed by atoms with Crippen molar-refractivity contribution in [3.63, 3.8) is 0 Å². The van der Waals surface area contributed by atoms with Crippen molar-refractivity contribution in [2.24, 2.45) is 4.99 Å². The van der Waals surface area contributed by atoms with E-state index in [1.807, 2.05) is 11.3 Å². The number of hydrogen-bond acceptors (Lipinski definition) is 4. The zero-order valence-electron chi connectivity index (χ0n) is 18.1. The second kappa shape index (κ2) is 13.9. The SMILES string of the molecule is CCCOCc1ccccc1CN=C(NCC)NC1CCN(c2cccs2)CC1.I. The summed E-state index contributed by atoms with van der Waals surface area (Å²) in [7, 11) is 0. The molecule has 1 aliphatic heterocycles. The summed E-state index contributed by atoms with van der Waals surface area (Å²) in [4.78, 5) is 7.35. The molecule has 1 aliphatic rings. The molecule has 0 atom stereocenters. The van der Waals surface area contributed by atoms with Crippen LogP contribution in [0.3, 0.4) is 0 Å². The Kier molecular flexibility index (Phi) is 11.5. The maximum Gasteiger partial charge on any atom is 0.191 e. The van der Waals surface area contributed by atoms with Crippen LogP contribution in [-0.2, 0) is 17.9 Å². The van der Waals surface area contributed by atoms with Crippen molar-refractivity contribution in [2.75, 3.05) is 31.1 Å². The standard InChI is InChI=1S/C23H34N4OS.HI/c1-3-15-28-18-20-9-6-5-8-19(20)17-25-23(24-4-2)26-21-11-13-27(14-12-21)22-10-7-16-29-22;/h5-10,16,21H,3-4,11-15,17-18H2,1-2H3,(H2,24,25,26);1H. The van der Waals surface area contributed by atoms with E-state index in [2.05, 4.69) is 71.2 Å². The Morgan fingerprint density at radius 1 is 1.13 bits per heavy atom. The molecule has 1 aromatic heterocycles. The fourth-order valence-electron chi connectivity index (χ4n) is 3.55. The molecule has 0 radical (unpaired) electrons. The van der Waals surface area contributed by atoms with Crippen molar-refractivity contribution in [1.29, 1.82) is 0 Å². The van der Waals surface area contributed by atoms with Crippen LogP contribution in [0.25, 0.3) is 0 Å². The molecule has 0 amide bonds. The first-order valence-electron chi connectivity index (χ1n) is 10.8. The fraction of sp³-hybridized carbons (Fsp3) is 0.522. The molecule has 1 fully saturated rings. The molecule has 1 aromatic carbocycles. The minimum absolute atomic E-state index is 0. The fourth-order valence-corrected chi connectivity index (χ4v) is 4.34. The quantitative estimate of drug-likeness (QED) is 0.202. The van der Waals surface area contributed by atoms with Crippen molar-refractivity contribution < 1.29 is 4.74 Å². The van der Waals surface area contributed by atoms with Gasteiger partial charge in [-0.05, 0) is 54.8 Å². The highest BCUT2D eigenvalue weighted by Crippen LogP contribution is 2.24. The molecule has 0 aliphatic carbocycles. The zero-order valence-corrected chi connectivity index (χ0v) is 21.2. The largest absolute Gasteiger partial charge is 0.377 e. The summed E-state index contributed by atoms with van der Waals surface area (Å²) in [5.41, 5.74) is 2.46. The molecule has 5 nitrogen and oxygen atoms in total. The predicted molar refractivity (Wildman–Crippen MR) is 139 cm³/mol. The van der Waals surface area contributed by atoms with Crippen LogP contribution in [0.4, 0.5) is 5.00 Å². The summed E-state index contributed by atoms with van der Waals surface area (Å²) in [6.45, 7) is 9.41. The van der Waals surface area contributed by atoms with E-state index in [0.29, 0.717) is 19.2 Å². The van der Waals surface area contributed by atoms with Crippen molar-refractivity contribution in [3.05, 3.63) is 52.9 Å². The third-order valence-electron chi connectivity index (χ3n) is 5.13. The molecule has 2 heterocycles. The van der Waals surface area contributed by atoms with Crippen LogP contribution in [0.5, 0.6) is 0 Å². The second-order valence-electron chi connectivity index (χ2n) is 7.37. The molecule has 0 saturated carbocycles. The van der Waals surface area contributed by atoms with E-state index in [-0.39, 0.29) is 24.0 Å². The number of guanidine groups is 1. The second-order valence-corrected chi connectivity index (χ2v) is 8.30. The number of nitrogens with one attached hydrogen (secondary N) is 2. The summed E-state index contributed by atoms with van der Waals surface area (Å²) in [6.07, 6.45) is 3.30. The van der Waals surface area contributed by atoms with E-state index in [9.17, 15) is 0 Å². The van der Waals surface area contributed by atoms with Gasteiger partial charge in [0.25, 0.3) is 0 Å². The number of nitrogens with zero attached hydrogens (tertiary/aromatic N) is 2. The number of aliphatic imine (C=N–C) groups is 1. The Morgan fingerprint density at radius 3 is 2.57 bits per heavy atom. The molecule has 0 unspecified atom stereocenters. The highest BCUT2D eigenvalue weighted by Gasteiger charge is 2.20. The average Bonchev–Trinajstić information content (AvgIpc) is 3.29. The normalized spacial score (nSPS) is 15.0. The van der Waals surface area contributed by atoms with Crippen LogP contribution in [0, 0.1) is 0 Å². The lowest BCUT2D eigenvalue weighted by Crippen LogP contribution is -2.48. The van der Waals surface area contributed by atoms with Gasteiger partial charge in [-0.3, -0.25) is 0 Å². The van der Waals surface area contributed by atoms with E-state index >= 15 is 0 Å². The first kappa shape index (κ1) is 24.9. The highest BCUT2D eigenvalue weighted by molar-refractivity contribution is 14.0. The Labute approximate surface area is 202 Å². The predicted octanol–water partition coefficient (Wildman–Crippen LogP) is 5.02. The van der Waals surface area contributed by atoms with Crippen LogP contribution in [0.2, 0.25) is 0 Å². The van der Waals surface area contributed by atoms with Gasteiger partial charge in [-0.1, -0.05) is 31.2 Å². The van der Waals surface area contributed by atoms with Crippen LogP contribution in [0.15, 0.2) is 46.8 Å². The van der Waals surface area contributed by atoms with Crippen molar-refractivity contribution in [3.8, 4) is 0 Å². The van der Waals surface area contributed by atoms with Gasteiger partial charge in [0, 0.05) is 32.3 Å². The Hall–Kier alpha value is -1.32. The molecule has 3 rings (SSSR count). The lowest BCUT2D eigenvalue weighted by molar-refractivity contribution is 0.121.